The smallest absolute Gasteiger partial charge is 0.309 e. The molecule has 2 aromatic heterocycles. The summed E-state index contributed by atoms with van der Waals surface area (Å²) in [5.74, 6) is -0.799. The lowest BCUT2D eigenvalue weighted by molar-refractivity contribution is -0.149. The van der Waals surface area contributed by atoms with E-state index in [4.69, 9.17) is 15.2 Å². The highest BCUT2D eigenvalue weighted by molar-refractivity contribution is 5.98. The summed E-state index contributed by atoms with van der Waals surface area (Å²) >= 11 is 0. The zero-order chi connectivity index (χ0) is 27.5. The summed E-state index contributed by atoms with van der Waals surface area (Å²) < 4.78 is 11.7. The van der Waals surface area contributed by atoms with E-state index in [0.717, 1.165) is 16.9 Å². The van der Waals surface area contributed by atoms with Crippen LogP contribution in [-0.4, -0.2) is 55.9 Å². The zero-order valence-corrected chi connectivity index (χ0v) is 21.8. The molecule has 0 amide bonds. The molecule has 12 heteroatoms. The number of ketones is 1. The van der Waals surface area contributed by atoms with E-state index < -0.39 is 17.9 Å². The fraction of sp³-hybridized carbons (Fsp3) is 0.423. The Morgan fingerprint density at radius 2 is 1.84 bits per heavy atom. The van der Waals surface area contributed by atoms with E-state index in [1.165, 1.54) is 0 Å². The molecule has 1 unspecified atom stereocenters. The molecule has 0 spiro atoms. The van der Waals surface area contributed by atoms with Crippen LogP contribution < -0.4 is 11.1 Å². The number of anilines is 2. The Kier molecular flexibility index (Phi) is 10.3. The minimum atomic E-state index is -0.714. The monoisotopic (exact) mass is 523 g/mol. The fourth-order valence-corrected chi connectivity index (χ4v) is 3.70. The molecule has 0 aliphatic carbocycles. The molecule has 2 heterocycles. The van der Waals surface area contributed by atoms with Crippen LogP contribution in [0.4, 0.5) is 11.5 Å². The van der Waals surface area contributed by atoms with Crippen molar-refractivity contribution in [3.63, 3.8) is 0 Å². The molecule has 0 saturated carbocycles. The number of aromatic nitrogens is 5. The van der Waals surface area contributed by atoms with E-state index in [2.05, 4.69) is 25.6 Å². The van der Waals surface area contributed by atoms with Crippen molar-refractivity contribution in [2.75, 3.05) is 24.3 Å². The SMILES string of the molecule is CCOC(=O)CCC(CC(=O)c1ccc(NCc2cn(Cc3cnc(C)nc3N)nn2)cc1)C(=O)OCC. The topological polar surface area (TPSA) is 164 Å². The van der Waals surface area contributed by atoms with Gasteiger partial charge in [0.2, 0.25) is 0 Å². The molecular weight excluding hydrogens is 490 g/mol. The molecule has 0 saturated heterocycles. The van der Waals surface area contributed by atoms with Gasteiger partial charge in [0.05, 0.1) is 38.4 Å². The second-order valence-electron chi connectivity index (χ2n) is 8.59. The number of hydrogen-bond acceptors (Lipinski definition) is 11. The van der Waals surface area contributed by atoms with Crippen molar-refractivity contribution in [3.8, 4) is 0 Å². The Morgan fingerprint density at radius 3 is 2.53 bits per heavy atom. The second kappa shape index (κ2) is 13.8. The molecule has 0 radical (unpaired) electrons. The Hall–Kier alpha value is -4.35. The average molecular weight is 524 g/mol. The minimum Gasteiger partial charge on any atom is -0.466 e. The average Bonchev–Trinajstić information content (AvgIpc) is 3.34. The van der Waals surface area contributed by atoms with Gasteiger partial charge in [0.25, 0.3) is 0 Å². The first-order valence-corrected chi connectivity index (χ1v) is 12.4. The van der Waals surface area contributed by atoms with Gasteiger partial charge in [-0.1, -0.05) is 5.21 Å². The van der Waals surface area contributed by atoms with E-state index in [-0.39, 0.29) is 38.3 Å². The third kappa shape index (κ3) is 8.36. The molecule has 3 aromatic rings. The highest BCUT2D eigenvalue weighted by Crippen LogP contribution is 2.19. The van der Waals surface area contributed by atoms with Gasteiger partial charge < -0.3 is 20.5 Å². The summed E-state index contributed by atoms with van der Waals surface area (Å²) in [6, 6.07) is 6.93. The molecule has 0 aliphatic rings. The van der Waals surface area contributed by atoms with Crippen LogP contribution in [-0.2, 0) is 32.2 Å². The molecule has 12 nitrogen and oxygen atoms in total. The molecule has 3 N–H and O–H groups in total. The normalized spacial score (nSPS) is 11.6. The lowest BCUT2D eigenvalue weighted by atomic mass is 9.94. The van der Waals surface area contributed by atoms with Crippen molar-refractivity contribution in [2.45, 2.75) is 53.1 Å². The van der Waals surface area contributed by atoms with Crippen LogP contribution in [0.25, 0.3) is 0 Å². The van der Waals surface area contributed by atoms with Gasteiger partial charge in [-0.05, 0) is 51.5 Å². The number of benzene rings is 1. The molecule has 0 fully saturated rings. The van der Waals surface area contributed by atoms with Crippen LogP contribution in [0.5, 0.6) is 0 Å². The molecule has 1 atom stereocenters. The van der Waals surface area contributed by atoms with Crippen LogP contribution in [0.15, 0.2) is 36.7 Å². The third-order valence-corrected chi connectivity index (χ3v) is 5.67. The Morgan fingerprint density at radius 1 is 1.11 bits per heavy atom. The maximum absolute atomic E-state index is 12.8. The molecule has 38 heavy (non-hydrogen) atoms. The highest BCUT2D eigenvalue weighted by atomic mass is 16.5. The van der Waals surface area contributed by atoms with E-state index in [0.29, 0.717) is 30.3 Å². The predicted molar refractivity (Wildman–Crippen MR) is 139 cm³/mol. The van der Waals surface area contributed by atoms with Gasteiger partial charge >= 0.3 is 11.9 Å². The first-order chi connectivity index (χ1) is 18.3. The van der Waals surface area contributed by atoms with Crippen LogP contribution >= 0.6 is 0 Å². The Labute approximate surface area is 220 Å². The molecular formula is C26H33N7O5. The quantitative estimate of drug-likeness (QED) is 0.236. The van der Waals surface area contributed by atoms with Crippen molar-refractivity contribution in [3.05, 3.63) is 59.3 Å². The standard InChI is InChI=1S/C26H33N7O5/c1-4-37-24(35)11-8-19(26(36)38-5-2)12-23(34)18-6-9-21(10-7-18)29-14-22-16-33(32-31-22)15-20-13-28-17(3)30-25(20)27/h6-7,9-10,13,16,19,29H,4-5,8,11-12,14-15H2,1-3H3,(H2,27,28,30). The summed E-state index contributed by atoms with van der Waals surface area (Å²) in [6.07, 6.45) is 3.66. The summed E-state index contributed by atoms with van der Waals surface area (Å²) in [4.78, 5) is 45.2. The molecule has 0 bridgehead atoms. The van der Waals surface area contributed by atoms with E-state index in [1.54, 1.807) is 62.1 Å². The van der Waals surface area contributed by atoms with E-state index in [1.807, 2.05) is 0 Å². The van der Waals surface area contributed by atoms with Gasteiger partial charge in [0, 0.05) is 35.9 Å². The van der Waals surface area contributed by atoms with Gasteiger partial charge in [-0.25, -0.2) is 14.6 Å². The lowest BCUT2D eigenvalue weighted by Gasteiger charge is -2.15. The van der Waals surface area contributed by atoms with Gasteiger partial charge in [-0.15, -0.1) is 5.10 Å². The molecule has 202 valence electrons. The van der Waals surface area contributed by atoms with Crippen molar-refractivity contribution < 1.29 is 23.9 Å². The molecule has 1 aromatic carbocycles. The number of carbonyl (C=O) groups is 3. The number of nitrogens with two attached hydrogens (primary N) is 1. The number of esters is 2. The van der Waals surface area contributed by atoms with Crippen LogP contribution in [0.1, 0.15) is 60.5 Å². The number of nitrogen functional groups attached to an aromatic ring is 1. The van der Waals surface area contributed by atoms with Gasteiger partial charge in [-0.3, -0.25) is 14.4 Å². The minimum absolute atomic E-state index is 0.0459. The number of carbonyl (C=O) groups excluding carboxylic acids is 3. The number of nitrogens with one attached hydrogen (secondary N) is 1. The third-order valence-electron chi connectivity index (χ3n) is 5.67. The zero-order valence-electron chi connectivity index (χ0n) is 21.8. The van der Waals surface area contributed by atoms with E-state index >= 15 is 0 Å². The first-order valence-electron chi connectivity index (χ1n) is 12.4. The number of nitrogens with zero attached hydrogens (tertiary/aromatic N) is 5. The number of Topliss-reactive ketones (excluding diaryl/α,β-unsaturated/α-hetero) is 1. The Bertz CT molecular complexity index is 1240. The van der Waals surface area contributed by atoms with Crippen LogP contribution in [0, 0.1) is 12.8 Å². The number of rotatable bonds is 14. The largest absolute Gasteiger partial charge is 0.466 e. The Balaban J connectivity index is 1.54. The molecule has 0 aliphatic heterocycles. The summed E-state index contributed by atoms with van der Waals surface area (Å²) in [5, 5.41) is 11.5. The van der Waals surface area contributed by atoms with Gasteiger partial charge in [0.1, 0.15) is 17.3 Å². The van der Waals surface area contributed by atoms with Crippen LogP contribution in [0.3, 0.4) is 0 Å². The summed E-state index contributed by atoms with van der Waals surface area (Å²) in [7, 11) is 0. The van der Waals surface area contributed by atoms with Crippen molar-refractivity contribution in [2.24, 2.45) is 5.92 Å². The predicted octanol–water partition coefficient (Wildman–Crippen LogP) is 2.71. The van der Waals surface area contributed by atoms with Crippen molar-refractivity contribution in [1.29, 1.82) is 0 Å². The van der Waals surface area contributed by atoms with Crippen LogP contribution in [0.2, 0.25) is 0 Å². The maximum Gasteiger partial charge on any atom is 0.309 e. The van der Waals surface area contributed by atoms with Crippen molar-refractivity contribution in [1.82, 2.24) is 25.0 Å². The summed E-state index contributed by atoms with van der Waals surface area (Å²) in [5.41, 5.74) is 8.67. The second-order valence-corrected chi connectivity index (χ2v) is 8.59. The first kappa shape index (κ1) is 28.2. The summed E-state index contributed by atoms with van der Waals surface area (Å²) in [6.45, 7) is 6.48. The van der Waals surface area contributed by atoms with Gasteiger partial charge in [-0.2, -0.15) is 0 Å². The van der Waals surface area contributed by atoms with E-state index in [9.17, 15) is 14.4 Å². The number of aryl methyl sites for hydroxylation is 1. The fourth-order valence-electron chi connectivity index (χ4n) is 3.70. The number of ether oxygens (including phenoxy) is 2. The highest BCUT2D eigenvalue weighted by Gasteiger charge is 2.25. The van der Waals surface area contributed by atoms with Crippen molar-refractivity contribution >= 4 is 29.2 Å². The number of hydrogen-bond donors (Lipinski definition) is 2. The maximum atomic E-state index is 12.8. The van der Waals surface area contributed by atoms with Gasteiger partial charge in [0.15, 0.2) is 5.78 Å². The molecule has 3 rings (SSSR count). The lowest BCUT2D eigenvalue weighted by Crippen LogP contribution is -2.22.